The Kier molecular flexibility index (Phi) is 4.16. The van der Waals surface area contributed by atoms with Gasteiger partial charge >= 0.3 is 0 Å². The van der Waals surface area contributed by atoms with E-state index in [0.717, 1.165) is 12.1 Å². The number of oxime groups is 1. The van der Waals surface area contributed by atoms with Crippen LogP contribution in [0.1, 0.15) is 23.2 Å². The van der Waals surface area contributed by atoms with Gasteiger partial charge < -0.3 is 15.8 Å². The maximum atomic E-state index is 13.1. The first-order chi connectivity index (χ1) is 9.52. The number of benzene rings is 1. The number of halogens is 2. The number of nitrogens with two attached hydrogens (primary N) is 1. The highest BCUT2D eigenvalue weighted by Gasteiger charge is 2.26. The van der Waals surface area contributed by atoms with Gasteiger partial charge in [-0.05, 0) is 31.0 Å². The molecule has 2 rings (SSSR count). The van der Waals surface area contributed by atoms with Crippen LogP contribution >= 0.6 is 0 Å². The highest BCUT2D eigenvalue weighted by molar-refractivity contribution is 5.94. The van der Waals surface area contributed by atoms with Gasteiger partial charge in [0, 0.05) is 24.6 Å². The molecule has 1 fully saturated rings. The van der Waals surface area contributed by atoms with Crippen LogP contribution in [0.25, 0.3) is 0 Å². The van der Waals surface area contributed by atoms with Crippen LogP contribution in [0.4, 0.5) is 8.78 Å². The summed E-state index contributed by atoms with van der Waals surface area (Å²) in [6.07, 6.45) is 1.15. The van der Waals surface area contributed by atoms with Crippen LogP contribution in [0.3, 0.4) is 0 Å². The van der Waals surface area contributed by atoms with Crippen molar-refractivity contribution in [1.82, 2.24) is 4.90 Å². The van der Waals surface area contributed by atoms with E-state index in [4.69, 9.17) is 10.9 Å². The Hall–Kier alpha value is -2.18. The summed E-state index contributed by atoms with van der Waals surface area (Å²) < 4.78 is 25.9. The molecule has 1 amide bonds. The van der Waals surface area contributed by atoms with Crippen LogP contribution in [0.5, 0.6) is 0 Å². The number of carbonyl (C=O) groups excluding carboxylic acids is 1. The fourth-order valence-corrected chi connectivity index (χ4v) is 2.27. The molecular weight excluding hydrogens is 268 g/mol. The molecule has 0 bridgehead atoms. The Morgan fingerprint density at radius 2 is 1.95 bits per heavy atom. The van der Waals surface area contributed by atoms with E-state index >= 15 is 0 Å². The van der Waals surface area contributed by atoms with Gasteiger partial charge in [0.1, 0.15) is 5.84 Å². The Balaban J connectivity index is 2.03. The minimum absolute atomic E-state index is 0.0611. The number of hydrogen-bond donors (Lipinski definition) is 2. The van der Waals surface area contributed by atoms with Crippen LogP contribution < -0.4 is 5.73 Å². The van der Waals surface area contributed by atoms with Crippen molar-refractivity contribution in [2.75, 3.05) is 13.1 Å². The average Bonchev–Trinajstić information content (AvgIpc) is 2.48. The molecule has 0 unspecified atom stereocenters. The maximum Gasteiger partial charge on any atom is 0.253 e. The summed E-state index contributed by atoms with van der Waals surface area (Å²) in [6, 6.07) is 3.09. The highest BCUT2D eigenvalue weighted by Crippen LogP contribution is 2.20. The Bertz CT molecular complexity index is 540. The zero-order chi connectivity index (χ0) is 14.7. The van der Waals surface area contributed by atoms with Crippen LogP contribution in [-0.2, 0) is 0 Å². The van der Waals surface area contributed by atoms with Crippen molar-refractivity contribution in [3.63, 3.8) is 0 Å². The number of likely N-dealkylation sites (tertiary alicyclic amines) is 1. The molecule has 7 heteroatoms. The van der Waals surface area contributed by atoms with Crippen molar-refractivity contribution < 1.29 is 18.8 Å². The third kappa shape index (κ3) is 2.87. The molecule has 1 aliphatic rings. The van der Waals surface area contributed by atoms with E-state index in [1.54, 1.807) is 4.90 Å². The lowest BCUT2D eigenvalue weighted by Crippen LogP contribution is -2.41. The first kappa shape index (κ1) is 14.2. The van der Waals surface area contributed by atoms with Crippen molar-refractivity contribution in [3.8, 4) is 0 Å². The highest BCUT2D eigenvalue weighted by atomic mass is 19.2. The van der Waals surface area contributed by atoms with Crippen molar-refractivity contribution in [2.45, 2.75) is 12.8 Å². The average molecular weight is 283 g/mol. The standard InChI is InChI=1S/C13H15F2N3O2/c14-10-2-1-9(7-11(10)15)13(19)18-5-3-8(4-6-18)12(16)17-20/h1-2,7-8,20H,3-6H2,(H2,16,17). The summed E-state index contributed by atoms with van der Waals surface area (Å²) in [6.45, 7) is 0.859. The second kappa shape index (κ2) is 5.85. The molecule has 1 heterocycles. The number of piperidine rings is 1. The van der Waals surface area contributed by atoms with Gasteiger partial charge in [-0.1, -0.05) is 5.16 Å². The molecule has 0 aromatic heterocycles. The molecule has 0 spiro atoms. The number of amidine groups is 1. The van der Waals surface area contributed by atoms with E-state index in [1.165, 1.54) is 6.07 Å². The van der Waals surface area contributed by atoms with E-state index in [1.807, 2.05) is 0 Å². The monoisotopic (exact) mass is 283 g/mol. The molecule has 0 aliphatic carbocycles. The minimum Gasteiger partial charge on any atom is -0.409 e. The van der Waals surface area contributed by atoms with Gasteiger partial charge in [-0.2, -0.15) is 0 Å². The molecule has 0 atom stereocenters. The number of amides is 1. The molecule has 108 valence electrons. The summed E-state index contributed by atoms with van der Waals surface area (Å²) in [5.41, 5.74) is 5.64. The first-order valence-electron chi connectivity index (χ1n) is 6.24. The smallest absolute Gasteiger partial charge is 0.253 e. The van der Waals surface area contributed by atoms with E-state index in [0.29, 0.717) is 25.9 Å². The third-order valence-electron chi connectivity index (χ3n) is 3.48. The van der Waals surface area contributed by atoms with Gasteiger partial charge in [0.25, 0.3) is 5.91 Å². The second-order valence-electron chi connectivity index (χ2n) is 4.72. The van der Waals surface area contributed by atoms with Crippen LogP contribution in [0.2, 0.25) is 0 Å². The molecule has 20 heavy (non-hydrogen) atoms. The lowest BCUT2D eigenvalue weighted by atomic mass is 9.95. The van der Waals surface area contributed by atoms with E-state index in [9.17, 15) is 13.6 Å². The summed E-state index contributed by atoms with van der Waals surface area (Å²) in [4.78, 5) is 13.7. The Morgan fingerprint density at radius 3 is 2.50 bits per heavy atom. The fraction of sp³-hybridized carbons (Fsp3) is 0.385. The van der Waals surface area contributed by atoms with Crippen molar-refractivity contribution >= 4 is 11.7 Å². The van der Waals surface area contributed by atoms with Gasteiger partial charge in [-0.25, -0.2) is 8.78 Å². The maximum absolute atomic E-state index is 13.1. The molecule has 1 aromatic rings. The predicted octanol–water partition coefficient (Wildman–Crippen LogP) is 1.56. The lowest BCUT2D eigenvalue weighted by molar-refractivity contribution is 0.0708. The topological polar surface area (TPSA) is 78.9 Å². The largest absolute Gasteiger partial charge is 0.409 e. The molecule has 1 saturated heterocycles. The summed E-state index contributed by atoms with van der Waals surface area (Å²) in [5, 5.41) is 11.6. The van der Waals surface area contributed by atoms with Crippen molar-refractivity contribution in [2.24, 2.45) is 16.8 Å². The fourth-order valence-electron chi connectivity index (χ4n) is 2.27. The van der Waals surface area contributed by atoms with Crippen molar-refractivity contribution in [3.05, 3.63) is 35.4 Å². The zero-order valence-corrected chi connectivity index (χ0v) is 10.7. The van der Waals surface area contributed by atoms with Crippen LogP contribution in [0.15, 0.2) is 23.4 Å². The second-order valence-corrected chi connectivity index (χ2v) is 4.72. The van der Waals surface area contributed by atoms with E-state index in [-0.39, 0.29) is 23.2 Å². The zero-order valence-electron chi connectivity index (χ0n) is 10.7. The summed E-state index contributed by atoms with van der Waals surface area (Å²) in [5.74, 6) is -2.27. The van der Waals surface area contributed by atoms with Gasteiger partial charge in [-0.15, -0.1) is 0 Å². The number of rotatable bonds is 2. The molecular formula is C13H15F2N3O2. The molecule has 1 aliphatic heterocycles. The molecule has 3 N–H and O–H groups in total. The number of carbonyl (C=O) groups is 1. The third-order valence-corrected chi connectivity index (χ3v) is 3.48. The minimum atomic E-state index is -1.04. The van der Waals surface area contributed by atoms with Gasteiger partial charge in [0.15, 0.2) is 11.6 Å². The summed E-state index contributed by atoms with van der Waals surface area (Å²) in [7, 11) is 0. The van der Waals surface area contributed by atoms with Crippen molar-refractivity contribution in [1.29, 1.82) is 0 Å². The Morgan fingerprint density at radius 1 is 1.30 bits per heavy atom. The number of nitrogens with zero attached hydrogens (tertiary/aromatic N) is 2. The van der Waals surface area contributed by atoms with E-state index < -0.39 is 11.6 Å². The molecule has 1 aromatic carbocycles. The predicted molar refractivity (Wildman–Crippen MR) is 68.4 cm³/mol. The van der Waals surface area contributed by atoms with Crippen LogP contribution in [-0.4, -0.2) is 34.9 Å². The SMILES string of the molecule is NC(=NO)C1CCN(C(=O)c2ccc(F)c(F)c2)CC1. The van der Waals surface area contributed by atoms with Gasteiger partial charge in [0.05, 0.1) is 0 Å². The number of hydrogen-bond acceptors (Lipinski definition) is 3. The lowest BCUT2D eigenvalue weighted by Gasteiger charge is -2.31. The normalized spacial score (nSPS) is 17.3. The Labute approximate surface area is 114 Å². The molecule has 0 saturated carbocycles. The summed E-state index contributed by atoms with van der Waals surface area (Å²) >= 11 is 0. The molecule has 0 radical (unpaired) electrons. The first-order valence-corrected chi connectivity index (χ1v) is 6.24. The quantitative estimate of drug-likeness (QED) is 0.374. The van der Waals surface area contributed by atoms with Crippen LogP contribution in [0, 0.1) is 17.6 Å². The van der Waals surface area contributed by atoms with Gasteiger partial charge in [-0.3, -0.25) is 4.79 Å². The van der Waals surface area contributed by atoms with E-state index in [2.05, 4.69) is 5.16 Å². The molecule has 5 nitrogen and oxygen atoms in total. The van der Waals surface area contributed by atoms with Gasteiger partial charge in [0.2, 0.25) is 0 Å².